The summed E-state index contributed by atoms with van der Waals surface area (Å²) < 4.78 is 0. The van der Waals surface area contributed by atoms with E-state index in [-0.39, 0.29) is 94.8 Å². The molecular weight excluding hydrogens is 1350 g/mol. The van der Waals surface area contributed by atoms with Crippen molar-refractivity contribution in [2.45, 2.75) is 223 Å². The zero-order valence-corrected chi connectivity index (χ0v) is 73.0. The second-order valence-electron chi connectivity index (χ2n) is 28.9. The van der Waals surface area contributed by atoms with Gasteiger partial charge in [0.25, 0.3) is 5.91 Å². The van der Waals surface area contributed by atoms with Crippen LogP contribution in [-0.2, 0) is 52.7 Å². The molecule has 0 fully saturated rings. The lowest BCUT2D eigenvalue weighted by Crippen LogP contribution is -2.30. The van der Waals surface area contributed by atoms with Gasteiger partial charge in [0.1, 0.15) is 5.78 Å². The number of likely N-dealkylation sites (N-methyl/N-ethyl adjacent to an activating group) is 3. The summed E-state index contributed by atoms with van der Waals surface area (Å²) in [6.07, 6.45) is 31.4. The van der Waals surface area contributed by atoms with Gasteiger partial charge in [0.05, 0.1) is 6.54 Å². The topological polar surface area (TPSA) is 282 Å². The van der Waals surface area contributed by atoms with E-state index >= 15 is 0 Å². The van der Waals surface area contributed by atoms with Crippen molar-refractivity contribution >= 4 is 64.4 Å². The van der Waals surface area contributed by atoms with Crippen LogP contribution in [0.2, 0.25) is 0 Å². The monoisotopic (exact) mass is 1510 g/mol. The third-order valence-electron chi connectivity index (χ3n) is 12.3. The van der Waals surface area contributed by atoms with Gasteiger partial charge in [-0.25, -0.2) is 0 Å². The molecule has 0 bridgehead atoms. The number of rotatable bonds is 39. The Hall–Kier alpha value is -7.93. The third-order valence-corrected chi connectivity index (χ3v) is 12.3. The lowest BCUT2D eigenvalue weighted by atomic mass is 10.0. The largest absolute Gasteiger partial charge is 0.391 e. The van der Waals surface area contributed by atoms with Gasteiger partial charge in [-0.3, -0.25) is 52.7 Å². The van der Waals surface area contributed by atoms with Crippen LogP contribution in [0, 0.1) is 59.2 Å². The molecule has 0 rings (SSSR count). The molecule has 107 heavy (non-hydrogen) atoms. The Balaban J connectivity index is -0.000000123. The first-order valence-corrected chi connectivity index (χ1v) is 37.8. The van der Waals surface area contributed by atoms with Gasteiger partial charge in [0.2, 0.25) is 29.5 Å². The van der Waals surface area contributed by atoms with E-state index in [2.05, 4.69) is 152 Å². The Labute approximate surface area is 654 Å². The molecule has 0 aliphatic carbocycles. The molecular formula is C86H158N10O11. The van der Waals surface area contributed by atoms with E-state index in [1.165, 1.54) is 25.0 Å². The molecule has 0 aromatic carbocycles. The summed E-state index contributed by atoms with van der Waals surface area (Å²) in [7, 11) is 10.5. The van der Waals surface area contributed by atoms with Gasteiger partial charge in [0.15, 0.2) is 23.1 Å². The predicted octanol–water partition coefficient (Wildman–Crippen LogP) is 13.4. The number of hydrogen-bond acceptors (Lipinski definition) is 15. The minimum absolute atomic E-state index is 0.0277. The number of nitrogens with one attached hydrogen (secondary N) is 7. The molecule has 618 valence electrons. The summed E-state index contributed by atoms with van der Waals surface area (Å²) in [5.74, 6) is 8.99. The van der Waals surface area contributed by atoms with Crippen molar-refractivity contribution in [1.82, 2.24) is 51.9 Å². The lowest BCUT2D eigenvalue weighted by molar-refractivity contribution is -0.124. The summed E-state index contributed by atoms with van der Waals surface area (Å²) in [6.45, 7) is 64.1. The van der Waals surface area contributed by atoms with E-state index in [1.807, 2.05) is 91.1 Å². The standard InChI is InChI=1S/2C10H20N2O.C10H19NO.C9H17NO.C9H14O2.C9H16O.C8H13NO2.C8H17N.C7H11NO.C6H11NO/c2*1-9(2)8-11-7-5-6-10(13)12(3)4;1-9(2)7-5-6-8-10(12)11(3)4;1-8(2)7-10-6-4-5-9(3)11;1-4-8(10)5-6-9(11)7(2)3;1-8(2)6-4-5-7-9(3)10;1-4-8(11)9-5-7(10)6(2)3;1-4-6-9-7-5-8(2)3;1-4-5-7(9)8-6(2)3;1-4-6(8)7-5(2)3/h2*5-6,9,11H,7-8H2,1-4H3;6,8-9H,5,7H2,1-4H3;4-5,8,10H,6-7H2,1-3H3;4,7H,1,5-6H2,2-3H3;5,7-8H,4,6H2,1-3H3;4,6H,1,5H2,2-3H3,(H,9,11);4,6,8-9H,5,7H2,1-3H3;6H,1-3H3,(H,8,9);4-5H,1H2,2-3H3,(H,7,8)/b2*6-5+;8-6+;5-4+;;7-5+;;6-4+;;. The first-order chi connectivity index (χ1) is 49.6. The average Bonchev–Trinajstić information content (AvgIpc) is 1.05. The fourth-order valence-corrected chi connectivity index (χ4v) is 6.07. The molecule has 0 aromatic rings. The average molecular weight is 1510 g/mol. The highest BCUT2D eigenvalue weighted by Crippen LogP contribution is 2.05. The van der Waals surface area contributed by atoms with E-state index in [1.54, 1.807) is 122 Å². The number of ketones is 5. The number of Topliss-reactive ketones (excluding diaryl/α,β-unsaturated/α-hetero) is 2. The number of carbonyl (C=O) groups excluding carboxylic acids is 11. The van der Waals surface area contributed by atoms with Gasteiger partial charge < -0.3 is 51.9 Å². The van der Waals surface area contributed by atoms with Gasteiger partial charge in [0, 0.05) is 117 Å². The highest BCUT2D eigenvalue weighted by atomic mass is 16.2. The van der Waals surface area contributed by atoms with Crippen molar-refractivity contribution in [3.63, 3.8) is 0 Å². The van der Waals surface area contributed by atoms with E-state index in [4.69, 9.17) is 0 Å². The van der Waals surface area contributed by atoms with Crippen LogP contribution < -0.4 is 37.2 Å². The normalized spacial score (nSPS) is 10.4. The van der Waals surface area contributed by atoms with E-state index in [0.717, 1.165) is 83.0 Å². The fraction of sp³-hybridized carbons (Fsp3) is 0.640. The highest BCUT2D eigenvalue weighted by Gasteiger charge is 2.09. The molecule has 0 aliphatic heterocycles. The Morgan fingerprint density at radius 2 is 0.766 bits per heavy atom. The SMILES string of the molecule is C/C=C/NCCC(C)C.C=CC(=O)CCC(=O)C(C)C.C=CC(=O)NC(C)C.C=CC(=O)NCC(=O)C(C)C.CC#CC(=O)NC(C)C.CC(=O)/C=C/CCC(C)C.CC(=O)/C=C/CNCC(C)C.CC(C)CC/C=C/C(=O)N(C)C.CC(C)CNC/C=C/C(=O)N(C)C.CC(C)CNC/C=C/C(=O)N(C)C. The minimum Gasteiger partial charge on any atom is -0.391 e. The van der Waals surface area contributed by atoms with E-state index < -0.39 is 0 Å². The second-order valence-corrected chi connectivity index (χ2v) is 28.9. The summed E-state index contributed by atoms with van der Waals surface area (Å²) >= 11 is 0. The molecule has 0 saturated carbocycles. The van der Waals surface area contributed by atoms with Crippen LogP contribution in [-0.4, -0.2) is 186 Å². The van der Waals surface area contributed by atoms with Crippen LogP contribution in [0.15, 0.2) is 111 Å². The van der Waals surface area contributed by atoms with E-state index in [0.29, 0.717) is 36.5 Å². The molecule has 6 amide bonds. The Bertz CT molecular complexity index is 2510. The van der Waals surface area contributed by atoms with Crippen LogP contribution >= 0.6 is 0 Å². The maximum atomic E-state index is 11.1. The lowest BCUT2D eigenvalue weighted by Gasteiger charge is -2.06. The number of hydrogen-bond donors (Lipinski definition) is 7. The molecule has 21 nitrogen and oxygen atoms in total. The summed E-state index contributed by atoms with van der Waals surface area (Å²) in [4.78, 5) is 123. The summed E-state index contributed by atoms with van der Waals surface area (Å²) in [5, 5.41) is 20.5. The number of amides is 6. The van der Waals surface area contributed by atoms with Gasteiger partial charge in [-0.2, -0.15) is 0 Å². The molecule has 0 aromatic heterocycles. The van der Waals surface area contributed by atoms with Gasteiger partial charge >= 0.3 is 0 Å². The minimum atomic E-state index is -0.306. The number of allylic oxidation sites excluding steroid dienone is 6. The molecule has 0 heterocycles. The molecule has 0 unspecified atom stereocenters. The quantitative estimate of drug-likeness (QED) is 0.0171. The Morgan fingerprint density at radius 3 is 1.05 bits per heavy atom. The smallest absolute Gasteiger partial charge is 0.296 e. The second kappa shape index (κ2) is 87.0. The number of carbonyl (C=O) groups is 11. The van der Waals surface area contributed by atoms with Crippen LogP contribution in [0.1, 0.15) is 211 Å². The van der Waals surface area contributed by atoms with Crippen LogP contribution in [0.4, 0.5) is 0 Å². The Kier molecular flexibility index (Phi) is 97.6. The van der Waals surface area contributed by atoms with Crippen LogP contribution in [0.5, 0.6) is 0 Å². The zero-order valence-electron chi connectivity index (χ0n) is 73.0. The van der Waals surface area contributed by atoms with E-state index in [9.17, 15) is 52.7 Å². The molecule has 0 aliphatic rings. The first-order valence-electron chi connectivity index (χ1n) is 37.8. The predicted molar refractivity (Wildman–Crippen MR) is 454 cm³/mol. The third kappa shape index (κ3) is 131. The van der Waals surface area contributed by atoms with Crippen LogP contribution in [0.3, 0.4) is 0 Å². The molecule has 21 heteroatoms. The summed E-state index contributed by atoms with van der Waals surface area (Å²) in [6, 6.07) is 0.388. The van der Waals surface area contributed by atoms with Gasteiger partial charge in [-0.05, 0) is 191 Å². The molecule has 0 atom stereocenters. The molecule has 0 spiro atoms. The highest BCUT2D eigenvalue weighted by molar-refractivity contribution is 5.94. The van der Waals surface area contributed by atoms with Crippen molar-refractivity contribution in [3.05, 3.63) is 111 Å². The number of nitrogens with zero attached hydrogens (tertiary/aromatic N) is 3. The van der Waals surface area contributed by atoms with Gasteiger partial charge in [-0.15, -0.1) is 0 Å². The molecule has 0 radical (unpaired) electrons. The van der Waals surface area contributed by atoms with Crippen molar-refractivity contribution in [2.75, 3.05) is 94.6 Å². The fourth-order valence-electron chi connectivity index (χ4n) is 6.07. The van der Waals surface area contributed by atoms with Gasteiger partial charge in [-0.1, -0.05) is 173 Å². The summed E-state index contributed by atoms with van der Waals surface area (Å²) in [5.41, 5.74) is 0. The van der Waals surface area contributed by atoms with Crippen molar-refractivity contribution in [3.8, 4) is 11.8 Å². The molecule has 0 saturated heterocycles. The van der Waals surface area contributed by atoms with Crippen molar-refractivity contribution < 1.29 is 52.7 Å². The molecule has 7 N–H and O–H groups in total. The van der Waals surface area contributed by atoms with Crippen molar-refractivity contribution in [2.24, 2.45) is 47.3 Å². The Morgan fingerprint density at radius 1 is 0.421 bits per heavy atom. The van der Waals surface area contributed by atoms with Crippen molar-refractivity contribution in [1.29, 1.82) is 0 Å². The zero-order chi connectivity index (χ0) is 85.4. The maximum absolute atomic E-state index is 11.1. The maximum Gasteiger partial charge on any atom is 0.296 e. The van der Waals surface area contributed by atoms with Crippen LogP contribution in [0.25, 0.3) is 0 Å². The first kappa shape index (κ1) is 120.